The van der Waals surface area contributed by atoms with Gasteiger partial charge < -0.3 is 5.32 Å². The van der Waals surface area contributed by atoms with Crippen molar-refractivity contribution in [2.75, 3.05) is 11.9 Å². The summed E-state index contributed by atoms with van der Waals surface area (Å²) >= 11 is 26.1. The fourth-order valence-electron chi connectivity index (χ4n) is 3.01. The van der Waals surface area contributed by atoms with E-state index in [9.17, 15) is 0 Å². The summed E-state index contributed by atoms with van der Waals surface area (Å²) in [6.07, 6.45) is 0. The normalized spacial score (nSPS) is 12.5. The van der Waals surface area contributed by atoms with Crippen molar-refractivity contribution in [3.05, 3.63) is 60.7 Å². The molecule has 2 rings (SSSR count). The van der Waals surface area contributed by atoms with E-state index in [0.717, 1.165) is 45.3 Å². The van der Waals surface area contributed by atoms with Crippen molar-refractivity contribution in [1.29, 1.82) is 0 Å². The lowest BCUT2D eigenvalue weighted by Gasteiger charge is -2.25. The molecule has 0 saturated carbocycles. The molecule has 148 valence electrons. The van der Waals surface area contributed by atoms with Crippen LogP contribution in [0.1, 0.15) is 40.7 Å². The summed E-state index contributed by atoms with van der Waals surface area (Å²) in [6, 6.07) is 2.22. The van der Waals surface area contributed by atoms with Gasteiger partial charge in [0, 0.05) is 51.2 Å². The number of hydrogen-bond donors (Lipinski definition) is 1. The SMILES string of the molecule is Cc1c(Br)c(C)c(Br)c(C(C)c2cc(Br)c(Br)c(Br)c2CNCCBr)c1Br. The van der Waals surface area contributed by atoms with Crippen LogP contribution < -0.4 is 5.32 Å². The molecule has 0 aliphatic rings. The predicted molar refractivity (Wildman–Crippen MR) is 142 cm³/mol. The number of nitrogens with one attached hydrogen (secondary N) is 1. The van der Waals surface area contributed by atoms with Crippen LogP contribution in [0.5, 0.6) is 0 Å². The molecule has 0 radical (unpaired) electrons. The summed E-state index contributed by atoms with van der Waals surface area (Å²) in [5.74, 6) is 0.195. The molecule has 0 amide bonds. The lowest BCUT2D eigenvalue weighted by Crippen LogP contribution is -2.18. The first-order valence-electron chi connectivity index (χ1n) is 8.19. The molecule has 0 fully saturated rings. The Kier molecular flexibility index (Phi) is 10.1. The summed E-state index contributed by atoms with van der Waals surface area (Å²) in [4.78, 5) is 0. The van der Waals surface area contributed by atoms with Crippen molar-refractivity contribution in [1.82, 2.24) is 5.32 Å². The summed E-state index contributed by atoms with van der Waals surface area (Å²) in [5.41, 5.74) is 6.23. The van der Waals surface area contributed by atoms with Gasteiger partial charge in [0.05, 0.1) is 0 Å². The van der Waals surface area contributed by atoms with Crippen LogP contribution in [0.15, 0.2) is 32.9 Å². The van der Waals surface area contributed by atoms with Gasteiger partial charge in [-0.3, -0.25) is 0 Å². The van der Waals surface area contributed by atoms with E-state index in [4.69, 9.17) is 0 Å². The number of hydrogen-bond acceptors (Lipinski definition) is 1. The summed E-state index contributed by atoms with van der Waals surface area (Å²) in [6.45, 7) is 8.23. The first kappa shape index (κ1) is 25.0. The summed E-state index contributed by atoms with van der Waals surface area (Å²) in [5, 5.41) is 4.43. The highest BCUT2D eigenvalue weighted by Crippen LogP contribution is 2.46. The van der Waals surface area contributed by atoms with E-state index >= 15 is 0 Å². The zero-order chi connectivity index (χ0) is 20.5. The van der Waals surface area contributed by atoms with Crippen molar-refractivity contribution >= 4 is 112 Å². The van der Waals surface area contributed by atoms with Crippen LogP contribution in [0.4, 0.5) is 0 Å². The molecule has 0 spiro atoms. The van der Waals surface area contributed by atoms with Crippen LogP contribution in [0.2, 0.25) is 0 Å². The Morgan fingerprint density at radius 2 is 1.41 bits per heavy atom. The van der Waals surface area contributed by atoms with Gasteiger partial charge in [-0.1, -0.05) is 70.6 Å². The van der Waals surface area contributed by atoms with Crippen LogP contribution in [-0.2, 0) is 6.54 Å². The standard InChI is InChI=1S/C19H18Br7N/c1-8(14-16(23)9(2)15(22)10(3)17(14)24)11-6-13(21)19(26)18(25)12(11)7-27-5-4-20/h6,8,27H,4-5,7H2,1-3H3. The second-order valence-corrected chi connectivity index (χ2v) is 11.9. The van der Waals surface area contributed by atoms with Gasteiger partial charge in [0.1, 0.15) is 0 Å². The lowest BCUT2D eigenvalue weighted by molar-refractivity contribution is 0.717. The molecule has 0 saturated heterocycles. The molecule has 27 heavy (non-hydrogen) atoms. The molecular formula is C19H18Br7N. The van der Waals surface area contributed by atoms with E-state index < -0.39 is 0 Å². The highest BCUT2D eigenvalue weighted by Gasteiger charge is 2.25. The minimum absolute atomic E-state index is 0.195. The molecular weight excluding hydrogens is 802 g/mol. The van der Waals surface area contributed by atoms with Gasteiger partial charge >= 0.3 is 0 Å². The third-order valence-corrected chi connectivity index (χ3v) is 11.6. The van der Waals surface area contributed by atoms with Gasteiger partial charge in [0.25, 0.3) is 0 Å². The maximum absolute atomic E-state index is 3.84. The molecule has 0 aliphatic heterocycles. The molecule has 0 aromatic heterocycles. The van der Waals surface area contributed by atoms with E-state index in [-0.39, 0.29) is 5.92 Å². The second kappa shape index (κ2) is 10.9. The maximum Gasteiger partial charge on any atom is 0.0463 e. The number of rotatable bonds is 6. The zero-order valence-corrected chi connectivity index (χ0v) is 26.0. The van der Waals surface area contributed by atoms with Crippen molar-refractivity contribution < 1.29 is 0 Å². The van der Waals surface area contributed by atoms with Gasteiger partial charge in [-0.15, -0.1) is 0 Å². The lowest BCUT2D eigenvalue weighted by atomic mass is 9.88. The van der Waals surface area contributed by atoms with E-state index in [2.05, 4.69) is 144 Å². The Labute approximate surface area is 220 Å². The third-order valence-electron chi connectivity index (χ3n) is 4.56. The molecule has 1 N–H and O–H groups in total. The molecule has 8 heteroatoms. The first-order chi connectivity index (χ1) is 12.6. The Morgan fingerprint density at radius 3 is 1.93 bits per heavy atom. The fourth-order valence-corrected chi connectivity index (χ4v) is 7.61. The molecule has 1 nitrogen and oxygen atoms in total. The third kappa shape index (κ3) is 5.34. The molecule has 1 unspecified atom stereocenters. The van der Waals surface area contributed by atoms with E-state index in [1.807, 2.05) is 0 Å². The quantitative estimate of drug-likeness (QED) is 0.174. The summed E-state index contributed by atoms with van der Waals surface area (Å²) in [7, 11) is 0. The van der Waals surface area contributed by atoms with Crippen molar-refractivity contribution in [3.8, 4) is 0 Å². The van der Waals surface area contributed by atoms with Gasteiger partial charge in [-0.05, 0) is 95.5 Å². The summed E-state index contributed by atoms with van der Waals surface area (Å²) < 4.78 is 6.56. The van der Waals surface area contributed by atoms with Crippen LogP contribution in [0.25, 0.3) is 0 Å². The van der Waals surface area contributed by atoms with Crippen molar-refractivity contribution in [3.63, 3.8) is 0 Å². The minimum Gasteiger partial charge on any atom is -0.312 e. The minimum atomic E-state index is 0.195. The second-order valence-electron chi connectivity index (χ2n) is 6.25. The molecule has 0 bridgehead atoms. The van der Waals surface area contributed by atoms with Crippen LogP contribution in [0, 0.1) is 13.8 Å². The topological polar surface area (TPSA) is 12.0 Å². The van der Waals surface area contributed by atoms with Crippen LogP contribution in [-0.4, -0.2) is 11.9 Å². The average molecular weight is 820 g/mol. The first-order valence-corrected chi connectivity index (χ1v) is 14.1. The van der Waals surface area contributed by atoms with Gasteiger partial charge in [0.15, 0.2) is 0 Å². The smallest absolute Gasteiger partial charge is 0.0463 e. The zero-order valence-electron chi connectivity index (χ0n) is 14.9. The molecule has 2 aromatic rings. The van der Waals surface area contributed by atoms with E-state index in [1.54, 1.807) is 0 Å². The molecule has 0 aliphatic carbocycles. The molecule has 1 atom stereocenters. The number of halogens is 7. The van der Waals surface area contributed by atoms with Gasteiger partial charge in [0.2, 0.25) is 0 Å². The van der Waals surface area contributed by atoms with Crippen LogP contribution >= 0.6 is 112 Å². The van der Waals surface area contributed by atoms with Crippen LogP contribution in [0.3, 0.4) is 0 Å². The molecule has 0 heterocycles. The average Bonchev–Trinajstić information content (AvgIpc) is 2.64. The Balaban J connectivity index is 2.68. The van der Waals surface area contributed by atoms with Crippen molar-refractivity contribution in [2.24, 2.45) is 0 Å². The van der Waals surface area contributed by atoms with Crippen molar-refractivity contribution in [2.45, 2.75) is 33.2 Å². The van der Waals surface area contributed by atoms with Gasteiger partial charge in [-0.25, -0.2) is 0 Å². The Hall–Kier alpha value is 1.76. The largest absolute Gasteiger partial charge is 0.312 e. The number of alkyl halides is 1. The number of benzene rings is 2. The predicted octanol–water partition coefficient (Wildman–Crippen LogP) is 9.51. The maximum atomic E-state index is 3.84. The van der Waals surface area contributed by atoms with E-state index in [0.29, 0.717) is 0 Å². The monoisotopic (exact) mass is 813 g/mol. The van der Waals surface area contributed by atoms with Gasteiger partial charge in [-0.2, -0.15) is 0 Å². The highest BCUT2D eigenvalue weighted by atomic mass is 79.9. The highest BCUT2D eigenvalue weighted by molar-refractivity contribution is 9.14. The van der Waals surface area contributed by atoms with E-state index in [1.165, 1.54) is 27.8 Å². The Bertz CT molecular complexity index is 835. The Morgan fingerprint density at radius 1 is 0.852 bits per heavy atom. The fraction of sp³-hybridized carbons (Fsp3) is 0.368. The molecule has 2 aromatic carbocycles.